The molecule has 0 radical (unpaired) electrons. The summed E-state index contributed by atoms with van der Waals surface area (Å²) in [5, 5.41) is 9.42. The Labute approximate surface area is 140 Å². The van der Waals surface area contributed by atoms with E-state index >= 15 is 0 Å². The third-order valence-electron chi connectivity index (χ3n) is 8.48. The van der Waals surface area contributed by atoms with Gasteiger partial charge in [-0.3, -0.25) is 4.79 Å². The van der Waals surface area contributed by atoms with Gasteiger partial charge >= 0.3 is 0 Å². The van der Waals surface area contributed by atoms with Crippen molar-refractivity contribution in [1.82, 2.24) is 0 Å². The standard InChI is InChI=1S/C21H32O2/c1-20-10-4-3-5-14(20)6-7-15-16(20)8-11-21(2)17(9-12-22)19(23)13-18(15)21/h6,15-18,22H,3-5,7-13H2,1-2H3/t15-,16+,17+,18+,20+,21-/m1/s1. The normalized spacial score (nSPS) is 49.2. The molecule has 0 amide bonds. The van der Waals surface area contributed by atoms with Gasteiger partial charge in [0.1, 0.15) is 5.78 Å². The van der Waals surface area contributed by atoms with Gasteiger partial charge in [0.2, 0.25) is 0 Å². The number of fused-ring (bicyclic) bond motifs is 5. The van der Waals surface area contributed by atoms with Crippen LogP contribution in [0.2, 0.25) is 0 Å². The first-order valence-electron chi connectivity index (χ1n) is 9.84. The van der Waals surface area contributed by atoms with Gasteiger partial charge in [0, 0.05) is 18.9 Å². The molecule has 3 saturated carbocycles. The second-order valence-corrected chi connectivity index (χ2v) is 9.25. The van der Waals surface area contributed by atoms with E-state index in [-0.39, 0.29) is 17.9 Å². The molecule has 4 rings (SSSR count). The van der Waals surface area contributed by atoms with E-state index in [1.54, 1.807) is 5.57 Å². The van der Waals surface area contributed by atoms with E-state index in [0.717, 1.165) is 12.3 Å². The number of rotatable bonds is 2. The highest BCUT2D eigenvalue weighted by Crippen LogP contribution is 2.65. The Morgan fingerprint density at radius 2 is 2.04 bits per heavy atom. The van der Waals surface area contributed by atoms with Crippen molar-refractivity contribution in [3.05, 3.63) is 11.6 Å². The molecular formula is C21H32O2. The van der Waals surface area contributed by atoms with Crippen molar-refractivity contribution in [2.45, 2.75) is 71.6 Å². The van der Waals surface area contributed by atoms with Crippen LogP contribution in [0.5, 0.6) is 0 Å². The molecule has 23 heavy (non-hydrogen) atoms. The third kappa shape index (κ3) is 2.13. The molecule has 0 saturated heterocycles. The number of hydrogen-bond acceptors (Lipinski definition) is 2. The van der Waals surface area contributed by atoms with E-state index in [1.165, 1.54) is 44.9 Å². The first kappa shape index (κ1) is 15.9. The van der Waals surface area contributed by atoms with Crippen LogP contribution >= 0.6 is 0 Å². The Morgan fingerprint density at radius 1 is 1.22 bits per heavy atom. The summed E-state index contributed by atoms with van der Waals surface area (Å²) < 4.78 is 0. The summed E-state index contributed by atoms with van der Waals surface area (Å²) in [7, 11) is 0. The number of aliphatic hydroxyl groups is 1. The Hall–Kier alpha value is -0.630. The third-order valence-corrected chi connectivity index (χ3v) is 8.48. The summed E-state index contributed by atoms with van der Waals surface area (Å²) in [5.74, 6) is 2.61. The molecule has 128 valence electrons. The summed E-state index contributed by atoms with van der Waals surface area (Å²) >= 11 is 0. The molecule has 4 aliphatic rings. The minimum Gasteiger partial charge on any atom is -0.396 e. The maximum atomic E-state index is 12.6. The van der Waals surface area contributed by atoms with Gasteiger partial charge in [0.05, 0.1) is 0 Å². The van der Waals surface area contributed by atoms with E-state index in [0.29, 0.717) is 29.5 Å². The van der Waals surface area contributed by atoms with Crippen molar-refractivity contribution < 1.29 is 9.90 Å². The Kier molecular flexibility index (Phi) is 3.75. The van der Waals surface area contributed by atoms with Crippen LogP contribution in [0.25, 0.3) is 0 Å². The number of carbonyl (C=O) groups is 1. The lowest BCUT2D eigenvalue weighted by atomic mass is 9.47. The molecule has 0 spiro atoms. The number of hydrogen-bond donors (Lipinski definition) is 1. The molecule has 2 heteroatoms. The molecule has 0 aromatic carbocycles. The lowest BCUT2D eigenvalue weighted by molar-refractivity contribution is -0.123. The monoisotopic (exact) mass is 316 g/mol. The molecular weight excluding hydrogens is 284 g/mol. The highest BCUT2D eigenvalue weighted by Gasteiger charge is 2.60. The van der Waals surface area contributed by atoms with Crippen LogP contribution < -0.4 is 0 Å². The molecule has 0 unspecified atom stereocenters. The highest BCUT2D eigenvalue weighted by molar-refractivity contribution is 5.85. The Bertz CT molecular complexity index is 536. The molecule has 0 heterocycles. The summed E-state index contributed by atoms with van der Waals surface area (Å²) in [6, 6.07) is 0. The summed E-state index contributed by atoms with van der Waals surface area (Å²) in [5.41, 5.74) is 2.31. The van der Waals surface area contributed by atoms with Crippen LogP contribution in [0.15, 0.2) is 11.6 Å². The topological polar surface area (TPSA) is 37.3 Å². The molecule has 0 aliphatic heterocycles. The van der Waals surface area contributed by atoms with E-state index in [9.17, 15) is 9.90 Å². The fourth-order valence-corrected chi connectivity index (χ4v) is 7.21. The van der Waals surface area contributed by atoms with Gasteiger partial charge in [-0.15, -0.1) is 0 Å². The summed E-state index contributed by atoms with van der Waals surface area (Å²) in [6.45, 7) is 5.05. The van der Waals surface area contributed by atoms with Crippen molar-refractivity contribution in [1.29, 1.82) is 0 Å². The zero-order valence-electron chi connectivity index (χ0n) is 14.8. The van der Waals surface area contributed by atoms with Crippen LogP contribution in [0.4, 0.5) is 0 Å². The van der Waals surface area contributed by atoms with Crippen molar-refractivity contribution in [2.24, 2.45) is 34.5 Å². The smallest absolute Gasteiger partial charge is 0.136 e. The van der Waals surface area contributed by atoms with Crippen molar-refractivity contribution >= 4 is 5.78 Å². The van der Waals surface area contributed by atoms with Crippen molar-refractivity contribution in [3.8, 4) is 0 Å². The van der Waals surface area contributed by atoms with E-state index < -0.39 is 0 Å². The van der Waals surface area contributed by atoms with Crippen LogP contribution in [0, 0.1) is 34.5 Å². The first-order chi connectivity index (χ1) is 11.0. The maximum absolute atomic E-state index is 12.6. The molecule has 3 fully saturated rings. The SMILES string of the molecule is C[C@]12CC[C@H]3[C@@H](CC=C4CCCC[C@@]43C)[C@@H]1CC(=O)[C@@H]2CCO. The number of allylic oxidation sites excluding steroid dienone is 2. The molecule has 2 nitrogen and oxygen atoms in total. The fraction of sp³-hybridized carbons (Fsp3) is 0.857. The Balaban J connectivity index is 1.67. The minimum atomic E-state index is 0.114. The number of aliphatic hydroxyl groups excluding tert-OH is 1. The van der Waals surface area contributed by atoms with Crippen LogP contribution in [-0.4, -0.2) is 17.5 Å². The molecule has 0 aromatic heterocycles. The van der Waals surface area contributed by atoms with Gasteiger partial charge in [-0.1, -0.05) is 31.9 Å². The molecule has 4 aliphatic carbocycles. The lowest BCUT2D eigenvalue weighted by Gasteiger charge is -2.57. The van der Waals surface area contributed by atoms with E-state index in [4.69, 9.17) is 0 Å². The zero-order valence-corrected chi connectivity index (χ0v) is 14.8. The molecule has 6 atom stereocenters. The molecule has 0 aromatic rings. The van der Waals surface area contributed by atoms with Crippen LogP contribution in [-0.2, 0) is 4.79 Å². The number of carbonyl (C=O) groups excluding carboxylic acids is 1. The largest absolute Gasteiger partial charge is 0.396 e. The van der Waals surface area contributed by atoms with Crippen molar-refractivity contribution in [2.75, 3.05) is 6.61 Å². The first-order valence-corrected chi connectivity index (χ1v) is 9.84. The fourth-order valence-electron chi connectivity index (χ4n) is 7.21. The number of ketones is 1. The average molecular weight is 316 g/mol. The zero-order chi connectivity index (χ0) is 16.2. The second-order valence-electron chi connectivity index (χ2n) is 9.25. The maximum Gasteiger partial charge on any atom is 0.136 e. The second kappa shape index (κ2) is 5.44. The molecule has 0 bridgehead atoms. The van der Waals surface area contributed by atoms with Gasteiger partial charge < -0.3 is 5.11 Å². The minimum absolute atomic E-state index is 0.114. The van der Waals surface area contributed by atoms with E-state index in [1.807, 2.05) is 0 Å². The van der Waals surface area contributed by atoms with Gasteiger partial charge in [0.15, 0.2) is 0 Å². The predicted octanol–water partition coefficient (Wildman–Crippen LogP) is 4.52. The van der Waals surface area contributed by atoms with Gasteiger partial charge in [-0.25, -0.2) is 0 Å². The van der Waals surface area contributed by atoms with Crippen LogP contribution in [0.1, 0.15) is 71.6 Å². The lowest BCUT2D eigenvalue weighted by Crippen LogP contribution is -2.49. The average Bonchev–Trinajstić information content (AvgIpc) is 2.79. The molecule has 1 N–H and O–H groups in total. The van der Waals surface area contributed by atoms with Crippen LogP contribution in [0.3, 0.4) is 0 Å². The quantitative estimate of drug-likeness (QED) is 0.761. The predicted molar refractivity (Wildman–Crippen MR) is 91.9 cm³/mol. The van der Waals surface area contributed by atoms with Gasteiger partial charge in [-0.2, -0.15) is 0 Å². The summed E-state index contributed by atoms with van der Waals surface area (Å²) in [4.78, 5) is 12.6. The number of Topliss-reactive ketones (excluding diaryl/α,β-unsaturated/α-hetero) is 1. The highest BCUT2D eigenvalue weighted by atomic mass is 16.3. The Morgan fingerprint density at radius 3 is 2.83 bits per heavy atom. The van der Waals surface area contributed by atoms with E-state index in [2.05, 4.69) is 19.9 Å². The van der Waals surface area contributed by atoms with Gasteiger partial charge in [0.25, 0.3) is 0 Å². The van der Waals surface area contributed by atoms with Crippen molar-refractivity contribution in [3.63, 3.8) is 0 Å². The summed E-state index contributed by atoms with van der Waals surface area (Å²) in [6.07, 6.45) is 13.1. The van der Waals surface area contributed by atoms with Gasteiger partial charge in [-0.05, 0) is 73.5 Å².